The number of likely N-dealkylation sites (N-methyl/N-ethyl adjacent to an activating group) is 1. The maximum absolute atomic E-state index is 11.5. The number of hydrogen-bond donors (Lipinski definition) is 1. The molecule has 86 valence electrons. The average molecular weight is 230 g/mol. The minimum atomic E-state index is 0.135. The van der Waals surface area contributed by atoms with Gasteiger partial charge in [0.1, 0.15) is 0 Å². The zero-order valence-corrected chi connectivity index (χ0v) is 10.1. The fourth-order valence-electron chi connectivity index (χ4n) is 1.66. The summed E-state index contributed by atoms with van der Waals surface area (Å²) in [6.45, 7) is 3.98. The van der Waals surface area contributed by atoms with Crippen LogP contribution < -0.4 is 5.32 Å². The highest BCUT2D eigenvalue weighted by Crippen LogP contribution is 2.21. The standard InChI is InChI=1S/C10H18N2O2S/c1-8(13)15-7-9-5-10(14)12(6-9)4-3-11-2/h9,11H,3-7H2,1-2H3. The first-order valence-corrected chi connectivity index (χ1v) is 6.17. The summed E-state index contributed by atoms with van der Waals surface area (Å²) < 4.78 is 0. The van der Waals surface area contributed by atoms with Gasteiger partial charge < -0.3 is 10.2 Å². The largest absolute Gasteiger partial charge is 0.341 e. The molecule has 1 aliphatic heterocycles. The second-order valence-electron chi connectivity index (χ2n) is 3.82. The summed E-state index contributed by atoms with van der Waals surface area (Å²) in [6.07, 6.45) is 0.601. The van der Waals surface area contributed by atoms with Crippen LogP contribution in [-0.2, 0) is 9.59 Å². The molecule has 0 saturated carbocycles. The van der Waals surface area contributed by atoms with Gasteiger partial charge >= 0.3 is 0 Å². The summed E-state index contributed by atoms with van der Waals surface area (Å²) in [5, 5.41) is 3.16. The van der Waals surface area contributed by atoms with Crippen LogP contribution in [0.4, 0.5) is 0 Å². The Morgan fingerprint density at radius 3 is 3.00 bits per heavy atom. The number of nitrogens with zero attached hydrogens (tertiary/aromatic N) is 1. The van der Waals surface area contributed by atoms with Gasteiger partial charge in [-0.3, -0.25) is 9.59 Å². The van der Waals surface area contributed by atoms with Crippen molar-refractivity contribution in [3.05, 3.63) is 0 Å². The number of nitrogens with one attached hydrogen (secondary N) is 1. The van der Waals surface area contributed by atoms with Crippen LogP contribution in [0.15, 0.2) is 0 Å². The Morgan fingerprint density at radius 1 is 1.67 bits per heavy atom. The molecule has 1 heterocycles. The van der Waals surface area contributed by atoms with Crippen LogP contribution in [0.1, 0.15) is 13.3 Å². The van der Waals surface area contributed by atoms with Gasteiger partial charge in [-0.15, -0.1) is 0 Å². The second-order valence-corrected chi connectivity index (χ2v) is 5.01. The highest BCUT2D eigenvalue weighted by atomic mass is 32.2. The van der Waals surface area contributed by atoms with Crippen molar-refractivity contribution >= 4 is 22.8 Å². The van der Waals surface area contributed by atoms with Crippen molar-refractivity contribution in [1.29, 1.82) is 0 Å². The molecule has 1 unspecified atom stereocenters. The molecule has 1 N–H and O–H groups in total. The smallest absolute Gasteiger partial charge is 0.222 e. The van der Waals surface area contributed by atoms with E-state index in [1.165, 1.54) is 11.8 Å². The quantitative estimate of drug-likeness (QED) is 0.739. The first-order chi connectivity index (χ1) is 7.13. The van der Waals surface area contributed by atoms with Gasteiger partial charge in [-0.1, -0.05) is 11.8 Å². The monoisotopic (exact) mass is 230 g/mol. The van der Waals surface area contributed by atoms with Crippen LogP contribution in [0.25, 0.3) is 0 Å². The molecule has 1 aliphatic rings. The van der Waals surface area contributed by atoms with Crippen LogP contribution in [0.3, 0.4) is 0 Å². The fourth-order valence-corrected chi connectivity index (χ4v) is 2.36. The van der Waals surface area contributed by atoms with Gasteiger partial charge in [0, 0.05) is 38.7 Å². The molecule has 0 spiro atoms. The van der Waals surface area contributed by atoms with Crippen LogP contribution in [-0.4, -0.2) is 48.4 Å². The van der Waals surface area contributed by atoms with Gasteiger partial charge in [0.05, 0.1) is 0 Å². The number of carbonyl (C=O) groups excluding carboxylic acids is 2. The summed E-state index contributed by atoms with van der Waals surface area (Å²) in [4.78, 5) is 24.2. The predicted molar refractivity (Wildman–Crippen MR) is 61.8 cm³/mol. The van der Waals surface area contributed by atoms with Crippen molar-refractivity contribution in [3.63, 3.8) is 0 Å². The molecule has 0 bridgehead atoms. The molecular formula is C10H18N2O2S. The zero-order chi connectivity index (χ0) is 11.3. The van der Waals surface area contributed by atoms with E-state index in [4.69, 9.17) is 0 Å². The number of amides is 1. The first kappa shape index (κ1) is 12.5. The van der Waals surface area contributed by atoms with Crippen LogP contribution in [0.2, 0.25) is 0 Å². The van der Waals surface area contributed by atoms with Gasteiger partial charge in [0.2, 0.25) is 5.91 Å². The minimum Gasteiger partial charge on any atom is -0.341 e. The first-order valence-electron chi connectivity index (χ1n) is 5.19. The normalized spacial score (nSPS) is 21.1. The third-order valence-electron chi connectivity index (χ3n) is 2.45. The fraction of sp³-hybridized carbons (Fsp3) is 0.800. The highest BCUT2D eigenvalue weighted by Gasteiger charge is 2.28. The molecule has 15 heavy (non-hydrogen) atoms. The van der Waals surface area contributed by atoms with E-state index in [0.717, 1.165) is 25.4 Å². The SMILES string of the molecule is CNCCN1CC(CSC(C)=O)CC1=O. The lowest BCUT2D eigenvalue weighted by atomic mass is 10.1. The average Bonchev–Trinajstić information content (AvgIpc) is 2.53. The van der Waals surface area contributed by atoms with Crippen molar-refractivity contribution in [3.8, 4) is 0 Å². The lowest BCUT2D eigenvalue weighted by Crippen LogP contribution is -2.32. The summed E-state index contributed by atoms with van der Waals surface area (Å²) in [5.74, 6) is 1.35. The minimum absolute atomic E-state index is 0.135. The van der Waals surface area contributed by atoms with E-state index in [0.29, 0.717) is 12.3 Å². The molecule has 1 rings (SSSR count). The van der Waals surface area contributed by atoms with Gasteiger partial charge in [-0.2, -0.15) is 0 Å². The molecule has 1 saturated heterocycles. The van der Waals surface area contributed by atoms with E-state index in [2.05, 4.69) is 5.32 Å². The number of thioether (sulfide) groups is 1. The number of likely N-dealkylation sites (tertiary alicyclic amines) is 1. The predicted octanol–water partition coefficient (Wildman–Crippen LogP) is 0.334. The van der Waals surface area contributed by atoms with Gasteiger partial charge in [-0.25, -0.2) is 0 Å². The Balaban J connectivity index is 2.28. The summed E-state index contributed by atoms with van der Waals surface area (Å²) in [5.41, 5.74) is 0. The van der Waals surface area contributed by atoms with Crippen LogP contribution in [0.5, 0.6) is 0 Å². The molecule has 0 aromatic heterocycles. The summed E-state index contributed by atoms with van der Waals surface area (Å²) >= 11 is 1.32. The van der Waals surface area contributed by atoms with E-state index in [9.17, 15) is 9.59 Å². The molecular weight excluding hydrogens is 212 g/mol. The summed E-state index contributed by atoms with van der Waals surface area (Å²) in [6, 6.07) is 0. The lowest BCUT2D eigenvalue weighted by Gasteiger charge is -2.15. The lowest BCUT2D eigenvalue weighted by molar-refractivity contribution is -0.127. The maximum atomic E-state index is 11.5. The molecule has 0 aromatic rings. The van der Waals surface area contributed by atoms with E-state index >= 15 is 0 Å². The van der Waals surface area contributed by atoms with Gasteiger partial charge in [-0.05, 0) is 13.0 Å². The Kier molecular flexibility index (Phi) is 5.11. The topological polar surface area (TPSA) is 49.4 Å². The Bertz CT molecular complexity index is 246. The number of rotatable bonds is 5. The van der Waals surface area contributed by atoms with E-state index in [1.54, 1.807) is 6.92 Å². The van der Waals surface area contributed by atoms with Crippen LogP contribution in [0, 0.1) is 5.92 Å². The van der Waals surface area contributed by atoms with Crippen molar-refractivity contribution in [2.24, 2.45) is 5.92 Å². The van der Waals surface area contributed by atoms with E-state index in [1.807, 2.05) is 11.9 Å². The Labute approximate surface area is 94.8 Å². The third kappa shape index (κ3) is 4.22. The van der Waals surface area contributed by atoms with Crippen LogP contribution >= 0.6 is 11.8 Å². The maximum Gasteiger partial charge on any atom is 0.222 e. The van der Waals surface area contributed by atoms with Crippen molar-refractivity contribution in [1.82, 2.24) is 10.2 Å². The molecule has 4 nitrogen and oxygen atoms in total. The Hall–Kier alpha value is -0.550. The van der Waals surface area contributed by atoms with Gasteiger partial charge in [0.15, 0.2) is 5.12 Å². The molecule has 1 atom stereocenters. The summed E-state index contributed by atoms with van der Waals surface area (Å²) in [7, 11) is 1.88. The van der Waals surface area contributed by atoms with Crippen molar-refractivity contribution in [2.75, 3.05) is 32.4 Å². The highest BCUT2D eigenvalue weighted by molar-refractivity contribution is 8.13. The van der Waals surface area contributed by atoms with E-state index < -0.39 is 0 Å². The molecule has 1 amide bonds. The zero-order valence-electron chi connectivity index (χ0n) is 9.28. The molecule has 1 fully saturated rings. The molecule has 5 heteroatoms. The number of carbonyl (C=O) groups is 2. The molecule has 0 aliphatic carbocycles. The van der Waals surface area contributed by atoms with Gasteiger partial charge in [0.25, 0.3) is 0 Å². The van der Waals surface area contributed by atoms with E-state index in [-0.39, 0.29) is 11.0 Å². The molecule has 0 radical (unpaired) electrons. The number of hydrogen-bond acceptors (Lipinski definition) is 4. The van der Waals surface area contributed by atoms with Crippen molar-refractivity contribution in [2.45, 2.75) is 13.3 Å². The van der Waals surface area contributed by atoms with Crippen molar-refractivity contribution < 1.29 is 9.59 Å². The Morgan fingerprint density at radius 2 is 2.40 bits per heavy atom. The second kappa shape index (κ2) is 6.12. The third-order valence-corrected chi connectivity index (χ3v) is 3.49. The molecule has 0 aromatic carbocycles.